The van der Waals surface area contributed by atoms with Gasteiger partial charge in [0.05, 0.1) is 6.26 Å². The molecule has 0 saturated carbocycles. The van der Waals surface area contributed by atoms with Crippen molar-refractivity contribution in [2.24, 2.45) is 0 Å². The SMILES string of the molecule is CC.CS(=O)(=O)O.c1ccc2ccccc2c1. The van der Waals surface area contributed by atoms with E-state index in [2.05, 4.69) is 48.5 Å². The second kappa shape index (κ2) is 7.81. The molecule has 0 spiro atoms. The minimum absolute atomic E-state index is 0.715. The Kier molecular flexibility index (Phi) is 7.18. The van der Waals surface area contributed by atoms with E-state index >= 15 is 0 Å². The lowest BCUT2D eigenvalue weighted by atomic mass is 10.1. The molecule has 0 aromatic heterocycles. The van der Waals surface area contributed by atoms with E-state index in [-0.39, 0.29) is 0 Å². The van der Waals surface area contributed by atoms with Crippen LogP contribution in [-0.2, 0) is 10.1 Å². The molecule has 0 aliphatic rings. The lowest BCUT2D eigenvalue weighted by Gasteiger charge is -1.92. The molecule has 0 heterocycles. The van der Waals surface area contributed by atoms with Crippen LogP contribution in [0.3, 0.4) is 0 Å². The normalized spacial score (nSPS) is 9.65. The first kappa shape index (κ1) is 15.6. The highest BCUT2D eigenvalue weighted by Gasteiger charge is 1.85. The summed E-state index contributed by atoms with van der Waals surface area (Å²) < 4.78 is 25.9. The Morgan fingerprint density at radius 1 is 0.824 bits per heavy atom. The van der Waals surface area contributed by atoms with Crippen molar-refractivity contribution in [3.05, 3.63) is 48.5 Å². The standard InChI is InChI=1S/C10H8.C2H6.CH4O3S/c1-2-6-10-8-4-3-7-9(10)5-1;1-2;1-5(2,3)4/h1-8H;1-2H3;1H3,(H,2,3,4). The summed E-state index contributed by atoms with van der Waals surface area (Å²) in [6.45, 7) is 4.00. The molecule has 2 aromatic carbocycles. The molecule has 0 unspecified atom stereocenters. The van der Waals surface area contributed by atoms with E-state index in [1.807, 2.05) is 13.8 Å². The van der Waals surface area contributed by atoms with Gasteiger partial charge in [0.25, 0.3) is 10.1 Å². The molecule has 0 aliphatic heterocycles. The smallest absolute Gasteiger partial charge is 0.261 e. The molecule has 0 saturated heterocycles. The molecular weight excluding hydrogens is 236 g/mol. The van der Waals surface area contributed by atoms with Gasteiger partial charge in [-0.15, -0.1) is 0 Å². The van der Waals surface area contributed by atoms with Crippen LogP contribution in [0.2, 0.25) is 0 Å². The van der Waals surface area contributed by atoms with Crippen molar-refractivity contribution in [1.82, 2.24) is 0 Å². The predicted octanol–water partition coefficient (Wildman–Crippen LogP) is 3.37. The minimum atomic E-state index is -3.67. The van der Waals surface area contributed by atoms with Crippen LogP contribution >= 0.6 is 0 Å². The van der Waals surface area contributed by atoms with E-state index in [1.54, 1.807) is 0 Å². The van der Waals surface area contributed by atoms with Crippen molar-refractivity contribution >= 4 is 20.9 Å². The van der Waals surface area contributed by atoms with Gasteiger partial charge in [-0.05, 0) is 10.8 Å². The first-order valence-corrected chi connectivity index (χ1v) is 7.18. The largest absolute Gasteiger partial charge is 0.286 e. The molecule has 4 heteroatoms. The Hall–Kier alpha value is -1.39. The Morgan fingerprint density at radius 3 is 1.18 bits per heavy atom. The van der Waals surface area contributed by atoms with Crippen LogP contribution < -0.4 is 0 Å². The lowest BCUT2D eigenvalue weighted by molar-refractivity contribution is 0.490. The van der Waals surface area contributed by atoms with Gasteiger partial charge >= 0.3 is 0 Å². The third-order valence-electron chi connectivity index (χ3n) is 1.66. The topological polar surface area (TPSA) is 54.4 Å². The number of benzene rings is 2. The summed E-state index contributed by atoms with van der Waals surface area (Å²) in [7, 11) is -3.67. The monoisotopic (exact) mass is 254 g/mol. The van der Waals surface area contributed by atoms with E-state index in [4.69, 9.17) is 4.55 Å². The second-order valence-electron chi connectivity index (χ2n) is 3.08. The summed E-state index contributed by atoms with van der Waals surface area (Å²) in [4.78, 5) is 0. The highest BCUT2D eigenvalue weighted by atomic mass is 32.2. The molecule has 0 fully saturated rings. The van der Waals surface area contributed by atoms with Crippen molar-refractivity contribution in [2.75, 3.05) is 6.26 Å². The van der Waals surface area contributed by atoms with E-state index in [0.717, 1.165) is 0 Å². The highest BCUT2D eigenvalue weighted by molar-refractivity contribution is 7.85. The van der Waals surface area contributed by atoms with E-state index in [0.29, 0.717) is 6.26 Å². The van der Waals surface area contributed by atoms with Gasteiger partial charge in [-0.3, -0.25) is 4.55 Å². The second-order valence-corrected chi connectivity index (χ2v) is 4.55. The minimum Gasteiger partial charge on any atom is -0.286 e. The van der Waals surface area contributed by atoms with Crippen molar-refractivity contribution in [3.63, 3.8) is 0 Å². The maximum Gasteiger partial charge on any atom is 0.261 e. The van der Waals surface area contributed by atoms with Gasteiger partial charge in [0.15, 0.2) is 0 Å². The van der Waals surface area contributed by atoms with E-state index in [9.17, 15) is 8.42 Å². The fourth-order valence-corrected chi connectivity index (χ4v) is 1.13. The van der Waals surface area contributed by atoms with Crippen molar-refractivity contribution < 1.29 is 13.0 Å². The first-order chi connectivity index (χ1) is 7.97. The Balaban J connectivity index is 0.000000315. The Labute approximate surface area is 103 Å². The molecule has 17 heavy (non-hydrogen) atoms. The zero-order valence-corrected chi connectivity index (χ0v) is 11.1. The zero-order chi connectivity index (χ0) is 13.3. The number of hydrogen-bond donors (Lipinski definition) is 1. The van der Waals surface area contributed by atoms with Gasteiger partial charge in [0, 0.05) is 0 Å². The summed E-state index contributed by atoms with van der Waals surface area (Å²) in [5.41, 5.74) is 0. The van der Waals surface area contributed by atoms with Crippen LogP contribution in [0.25, 0.3) is 10.8 Å². The molecule has 0 radical (unpaired) electrons. The highest BCUT2D eigenvalue weighted by Crippen LogP contribution is 2.11. The Bertz CT molecular complexity index is 460. The Morgan fingerprint density at radius 2 is 1.00 bits per heavy atom. The van der Waals surface area contributed by atoms with Crippen LogP contribution in [0.1, 0.15) is 13.8 Å². The number of fused-ring (bicyclic) bond motifs is 1. The van der Waals surface area contributed by atoms with Crippen molar-refractivity contribution in [2.45, 2.75) is 13.8 Å². The van der Waals surface area contributed by atoms with Crippen molar-refractivity contribution in [1.29, 1.82) is 0 Å². The van der Waals surface area contributed by atoms with Gasteiger partial charge in [-0.2, -0.15) is 8.42 Å². The molecule has 2 aromatic rings. The molecule has 3 nitrogen and oxygen atoms in total. The molecule has 2 rings (SSSR count). The van der Waals surface area contributed by atoms with E-state index in [1.165, 1.54) is 10.8 Å². The summed E-state index contributed by atoms with van der Waals surface area (Å²) >= 11 is 0. The van der Waals surface area contributed by atoms with Crippen LogP contribution in [0, 0.1) is 0 Å². The van der Waals surface area contributed by atoms with Crippen LogP contribution in [-0.4, -0.2) is 19.2 Å². The van der Waals surface area contributed by atoms with Gasteiger partial charge in [-0.25, -0.2) is 0 Å². The molecule has 0 bridgehead atoms. The fraction of sp³-hybridized carbons (Fsp3) is 0.231. The van der Waals surface area contributed by atoms with Gasteiger partial charge in [0.1, 0.15) is 0 Å². The number of rotatable bonds is 0. The molecule has 0 atom stereocenters. The maximum atomic E-state index is 9.19. The van der Waals surface area contributed by atoms with Gasteiger partial charge in [-0.1, -0.05) is 62.4 Å². The van der Waals surface area contributed by atoms with Crippen LogP contribution in [0.4, 0.5) is 0 Å². The molecule has 0 amide bonds. The van der Waals surface area contributed by atoms with Crippen LogP contribution in [0.5, 0.6) is 0 Å². The quantitative estimate of drug-likeness (QED) is 0.733. The summed E-state index contributed by atoms with van der Waals surface area (Å²) in [6.07, 6.45) is 0.715. The summed E-state index contributed by atoms with van der Waals surface area (Å²) in [6, 6.07) is 16.7. The van der Waals surface area contributed by atoms with E-state index < -0.39 is 10.1 Å². The lowest BCUT2D eigenvalue weighted by Crippen LogP contribution is -1.88. The third-order valence-corrected chi connectivity index (χ3v) is 1.66. The summed E-state index contributed by atoms with van der Waals surface area (Å²) in [5, 5.41) is 2.62. The molecule has 94 valence electrons. The number of hydrogen-bond acceptors (Lipinski definition) is 2. The molecular formula is C13H18O3S. The molecule has 0 aliphatic carbocycles. The average molecular weight is 254 g/mol. The predicted molar refractivity (Wildman–Crippen MR) is 72.8 cm³/mol. The zero-order valence-electron chi connectivity index (χ0n) is 10.3. The van der Waals surface area contributed by atoms with Gasteiger partial charge < -0.3 is 0 Å². The van der Waals surface area contributed by atoms with Crippen LogP contribution in [0.15, 0.2) is 48.5 Å². The van der Waals surface area contributed by atoms with Crippen molar-refractivity contribution in [3.8, 4) is 0 Å². The maximum absolute atomic E-state index is 9.19. The first-order valence-electron chi connectivity index (χ1n) is 5.33. The third kappa shape index (κ3) is 8.42. The van der Waals surface area contributed by atoms with Gasteiger partial charge in [0.2, 0.25) is 0 Å². The average Bonchev–Trinajstić information content (AvgIpc) is 2.30. The fourth-order valence-electron chi connectivity index (χ4n) is 1.13. The summed E-state index contributed by atoms with van der Waals surface area (Å²) in [5.74, 6) is 0. The molecule has 1 N–H and O–H groups in total.